The minimum absolute atomic E-state index is 0.179. The van der Waals surface area contributed by atoms with Crippen molar-refractivity contribution in [1.29, 1.82) is 0 Å². The molecule has 2 heterocycles. The van der Waals surface area contributed by atoms with Crippen LogP contribution in [0.2, 0.25) is 0 Å². The Hall–Kier alpha value is -1.79. The van der Waals surface area contributed by atoms with Crippen LogP contribution in [0, 0.1) is 6.92 Å². The van der Waals surface area contributed by atoms with Crippen molar-refractivity contribution in [2.45, 2.75) is 33.2 Å². The Morgan fingerprint density at radius 3 is 2.95 bits per heavy atom. The van der Waals surface area contributed by atoms with E-state index >= 15 is 0 Å². The highest BCUT2D eigenvalue weighted by molar-refractivity contribution is 7.14. The third-order valence-corrected chi connectivity index (χ3v) is 3.80. The molecule has 0 spiro atoms. The van der Waals surface area contributed by atoms with Gasteiger partial charge in [0.05, 0.1) is 11.3 Å². The highest BCUT2D eigenvalue weighted by Gasteiger charge is 2.12. The average molecular weight is 304 g/mol. The fourth-order valence-electron chi connectivity index (χ4n) is 1.86. The monoisotopic (exact) mass is 304 g/mol. The molecule has 2 rings (SSSR count). The van der Waals surface area contributed by atoms with Crippen molar-refractivity contribution in [3.8, 4) is 0 Å². The highest BCUT2D eigenvalue weighted by Crippen LogP contribution is 2.21. The van der Waals surface area contributed by atoms with Crippen LogP contribution in [0.5, 0.6) is 0 Å². The van der Waals surface area contributed by atoms with Crippen LogP contribution in [-0.2, 0) is 0 Å². The van der Waals surface area contributed by atoms with Gasteiger partial charge in [0.25, 0.3) is 5.91 Å². The highest BCUT2D eigenvalue weighted by atomic mass is 32.1. The molecule has 0 saturated heterocycles. The molecule has 21 heavy (non-hydrogen) atoms. The normalized spacial score (nSPS) is 12.1. The summed E-state index contributed by atoms with van der Waals surface area (Å²) in [5.74, 6) is -0.179. The van der Waals surface area contributed by atoms with Crippen LogP contribution in [0.1, 0.15) is 47.9 Å². The molecule has 0 aromatic carbocycles. The van der Waals surface area contributed by atoms with Crippen LogP contribution < -0.4 is 10.6 Å². The van der Waals surface area contributed by atoms with E-state index in [0.29, 0.717) is 10.7 Å². The molecule has 1 atom stereocenters. The summed E-state index contributed by atoms with van der Waals surface area (Å²) in [4.78, 5) is 20.6. The number of hydrogen-bond donors (Lipinski definition) is 2. The predicted octanol–water partition coefficient (Wildman–Crippen LogP) is 3.16. The number of rotatable bonds is 6. The zero-order valence-corrected chi connectivity index (χ0v) is 13.3. The van der Waals surface area contributed by atoms with Crippen molar-refractivity contribution in [3.63, 3.8) is 0 Å². The molecule has 5 nitrogen and oxygen atoms in total. The van der Waals surface area contributed by atoms with Crippen molar-refractivity contribution in [2.24, 2.45) is 0 Å². The van der Waals surface area contributed by atoms with E-state index in [1.54, 1.807) is 12.4 Å². The minimum Gasteiger partial charge on any atom is -0.309 e. The Morgan fingerprint density at radius 1 is 1.43 bits per heavy atom. The molecular formula is C15H20N4OS. The van der Waals surface area contributed by atoms with E-state index < -0.39 is 0 Å². The minimum atomic E-state index is -0.179. The first-order valence-electron chi connectivity index (χ1n) is 7.02. The van der Waals surface area contributed by atoms with Gasteiger partial charge < -0.3 is 5.32 Å². The summed E-state index contributed by atoms with van der Waals surface area (Å²) in [6.07, 6.45) is 4.36. The van der Waals surface area contributed by atoms with Gasteiger partial charge >= 0.3 is 0 Å². The van der Waals surface area contributed by atoms with Gasteiger partial charge in [0.15, 0.2) is 5.13 Å². The number of thiazole rings is 1. The zero-order chi connectivity index (χ0) is 15.2. The van der Waals surface area contributed by atoms with Gasteiger partial charge in [-0.1, -0.05) is 6.92 Å². The molecule has 0 aliphatic heterocycles. The molecule has 0 bridgehead atoms. The molecule has 0 radical (unpaired) electrons. The van der Waals surface area contributed by atoms with Crippen molar-refractivity contribution < 1.29 is 4.79 Å². The quantitative estimate of drug-likeness (QED) is 0.860. The molecule has 0 fully saturated rings. The second-order valence-electron chi connectivity index (χ2n) is 4.96. The fraction of sp³-hybridized carbons (Fsp3) is 0.400. The van der Waals surface area contributed by atoms with E-state index in [9.17, 15) is 4.79 Å². The summed E-state index contributed by atoms with van der Waals surface area (Å²) >= 11 is 1.44. The van der Waals surface area contributed by atoms with Gasteiger partial charge in [-0.15, -0.1) is 11.3 Å². The number of anilines is 1. The number of nitrogens with one attached hydrogen (secondary N) is 2. The van der Waals surface area contributed by atoms with Crippen LogP contribution in [0.25, 0.3) is 0 Å². The molecule has 2 N–H and O–H groups in total. The lowest BCUT2D eigenvalue weighted by molar-refractivity contribution is 0.102. The van der Waals surface area contributed by atoms with E-state index in [1.807, 2.05) is 18.4 Å². The molecule has 1 amide bonds. The van der Waals surface area contributed by atoms with Crippen LogP contribution in [0.3, 0.4) is 0 Å². The molecule has 2 aromatic rings. The Kier molecular flexibility index (Phi) is 5.41. The summed E-state index contributed by atoms with van der Waals surface area (Å²) in [5, 5.41) is 8.78. The molecule has 112 valence electrons. The van der Waals surface area contributed by atoms with E-state index in [-0.39, 0.29) is 11.9 Å². The number of carbonyl (C=O) groups excluding carboxylic acids is 1. The smallest absolute Gasteiger partial charge is 0.259 e. The van der Waals surface area contributed by atoms with E-state index in [1.165, 1.54) is 11.3 Å². The summed E-state index contributed by atoms with van der Waals surface area (Å²) in [5.41, 5.74) is 2.45. The summed E-state index contributed by atoms with van der Waals surface area (Å²) in [6.45, 7) is 7.06. The Balaban J connectivity index is 2.00. The lowest BCUT2D eigenvalue weighted by atomic mass is 10.2. The van der Waals surface area contributed by atoms with Crippen molar-refractivity contribution in [1.82, 2.24) is 15.3 Å². The van der Waals surface area contributed by atoms with E-state index in [0.717, 1.165) is 24.2 Å². The van der Waals surface area contributed by atoms with Gasteiger partial charge in [-0.2, -0.15) is 0 Å². The maximum atomic E-state index is 12.1. The molecule has 2 aromatic heterocycles. The number of amides is 1. The van der Waals surface area contributed by atoms with Crippen molar-refractivity contribution in [2.75, 3.05) is 11.9 Å². The maximum Gasteiger partial charge on any atom is 0.259 e. The first-order chi connectivity index (χ1) is 10.1. The van der Waals surface area contributed by atoms with Crippen LogP contribution >= 0.6 is 11.3 Å². The first-order valence-corrected chi connectivity index (χ1v) is 7.90. The van der Waals surface area contributed by atoms with Gasteiger partial charge in [-0.25, -0.2) is 4.98 Å². The average Bonchev–Trinajstić information content (AvgIpc) is 2.93. The number of hydrogen-bond acceptors (Lipinski definition) is 5. The fourth-order valence-corrected chi connectivity index (χ4v) is 2.66. The lowest BCUT2D eigenvalue weighted by Gasteiger charge is -2.09. The molecular weight excluding hydrogens is 284 g/mol. The third kappa shape index (κ3) is 4.34. The van der Waals surface area contributed by atoms with Crippen LogP contribution in [-0.4, -0.2) is 22.4 Å². The Morgan fingerprint density at radius 2 is 2.24 bits per heavy atom. The molecule has 0 aliphatic carbocycles. The van der Waals surface area contributed by atoms with E-state index in [4.69, 9.17) is 0 Å². The largest absolute Gasteiger partial charge is 0.309 e. The van der Waals surface area contributed by atoms with Crippen molar-refractivity contribution in [3.05, 3.63) is 40.7 Å². The molecule has 0 saturated carbocycles. The van der Waals surface area contributed by atoms with Gasteiger partial charge in [0.2, 0.25) is 0 Å². The van der Waals surface area contributed by atoms with E-state index in [2.05, 4.69) is 34.4 Å². The Labute approximate surface area is 128 Å². The lowest BCUT2D eigenvalue weighted by Crippen LogP contribution is -2.19. The molecule has 0 aliphatic rings. The van der Waals surface area contributed by atoms with Crippen molar-refractivity contribution >= 4 is 22.4 Å². The first kappa shape index (κ1) is 15.6. The number of aromatic nitrogens is 2. The Bertz CT molecular complexity index is 611. The standard InChI is InChI=1S/C15H20N4OS/c1-4-5-17-11(3)13-9-21-15(18-13)19-14(20)12-6-10(2)7-16-8-12/h6-9,11,17H,4-5H2,1-3H3,(H,18,19,20). The second kappa shape index (κ2) is 7.28. The zero-order valence-electron chi connectivity index (χ0n) is 12.5. The third-order valence-electron chi connectivity index (χ3n) is 3.02. The second-order valence-corrected chi connectivity index (χ2v) is 5.82. The summed E-state index contributed by atoms with van der Waals surface area (Å²) < 4.78 is 0. The van der Waals surface area contributed by atoms with Gasteiger partial charge in [-0.3, -0.25) is 15.1 Å². The maximum absolute atomic E-state index is 12.1. The number of nitrogens with zero attached hydrogens (tertiary/aromatic N) is 2. The van der Waals surface area contributed by atoms with Crippen LogP contribution in [0.4, 0.5) is 5.13 Å². The summed E-state index contributed by atoms with van der Waals surface area (Å²) in [7, 11) is 0. The van der Waals surface area contributed by atoms with Gasteiger partial charge in [0.1, 0.15) is 0 Å². The predicted molar refractivity (Wildman–Crippen MR) is 85.7 cm³/mol. The molecule has 1 unspecified atom stereocenters. The number of aryl methyl sites for hydroxylation is 1. The van der Waals surface area contributed by atoms with Gasteiger partial charge in [0, 0.05) is 23.8 Å². The van der Waals surface area contributed by atoms with Gasteiger partial charge in [-0.05, 0) is 38.4 Å². The topological polar surface area (TPSA) is 66.9 Å². The number of carbonyl (C=O) groups is 1. The summed E-state index contributed by atoms with van der Waals surface area (Å²) in [6, 6.07) is 2.00. The number of pyridine rings is 1. The SMILES string of the molecule is CCCNC(C)c1csc(NC(=O)c2cncc(C)c2)n1. The molecule has 6 heteroatoms. The van der Waals surface area contributed by atoms with Crippen LogP contribution in [0.15, 0.2) is 23.8 Å².